The molecule has 1 aromatic heterocycles. The first kappa shape index (κ1) is 14.1. The number of hydrogen-bond acceptors (Lipinski definition) is 4. The van der Waals surface area contributed by atoms with Gasteiger partial charge in [0.25, 0.3) is 5.56 Å². The minimum Gasteiger partial charge on any atom is -0.424 e. The van der Waals surface area contributed by atoms with E-state index >= 15 is 0 Å². The monoisotopic (exact) mass is 409 g/mol. The molecule has 0 radical (unpaired) electrons. The zero-order valence-electron chi connectivity index (χ0n) is 10.6. The molecule has 0 fully saturated rings. The average molecular weight is 411 g/mol. The Morgan fingerprint density at radius 3 is 2.71 bits per heavy atom. The van der Waals surface area contributed by atoms with E-state index in [-0.39, 0.29) is 11.6 Å². The van der Waals surface area contributed by atoms with Crippen LogP contribution < -0.4 is 16.0 Å². The number of nitrogens with one attached hydrogen (secondary N) is 1. The van der Waals surface area contributed by atoms with Gasteiger partial charge in [-0.3, -0.25) is 9.78 Å². The van der Waals surface area contributed by atoms with Gasteiger partial charge < -0.3 is 10.5 Å². The maximum Gasteiger partial charge on any atom is 0.302 e. The molecule has 106 valence electrons. The molecular formula is C14H9Br2N3O2. The van der Waals surface area contributed by atoms with Gasteiger partial charge in [-0.05, 0) is 52.3 Å². The van der Waals surface area contributed by atoms with Crippen molar-refractivity contribution in [1.29, 1.82) is 0 Å². The fraction of sp³-hybridized carbons (Fsp3) is 0. The smallest absolute Gasteiger partial charge is 0.302 e. The summed E-state index contributed by atoms with van der Waals surface area (Å²) in [5.41, 5.74) is 6.41. The number of anilines is 1. The molecule has 0 saturated carbocycles. The Morgan fingerprint density at radius 2 is 1.95 bits per heavy atom. The number of nitrogen functional groups attached to an aromatic ring is 1. The van der Waals surface area contributed by atoms with Crippen LogP contribution in [-0.4, -0.2) is 9.97 Å². The van der Waals surface area contributed by atoms with E-state index in [4.69, 9.17) is 10.5 Å². The maximum absolute atomic E-state index is 12.0. The van der Waals surface area contributed by atoms with Gasteiger partial charge >= 0.3 is 6.01 Å². The molecule has 0 aliphatic heterocycles. The summed E-state index contributed by atoms with van der Waals surface area (Å²) in [6, 6.07) is 10.5. The Morgan fingerprint density at radius 1 is 1.14 bits per heavy atom. The normalized spacial score (nSPS) is 10.8. The highest BCUT2D eigenvalue weighted by Gasteiger charge is 2.08. The van der Waals surface area contributed by atoms with E-state index in [1.165, 1.54) is 0 Å². The van der Waals surface area contributed by atoms with Crippen LogP contribution in [0.15, 0.2) is 50.1 Å². The summed E-state index contributed by atoms with van der Waals surface area (Å²) in [6.45, 7) is 0. The van der Waals surface area contributed by atoms with E-state index < -0.39 is 0 Å². The number of nitrogens with zero attached hydrogens (tertiary/aromatic N) is 1. The summed E-state index contributed by atoms with van der Waals surface area (Å²) in [6.07, 6.45) is 0. The lowest BCUT2D eigenvalue weighted by molar-refractivity contribution is 0.440. The van der Waals surface area contributed by atoms with Crippen molar-refractivity contribution in [2.75, 3.05) is 5.73 Å². The van der Waals surface area contributed by atoms with Crippen molar-refractivity contribution in [2.24, 2.45) is 0 Å². The highest BCUT2D eigenvalue weighted by atomic mass is 79.9. The molecule has 0 aliphatic carbocycles. The van der Waals surface area contributed by atoms with Crippen LogP contribution >= 0.6 is 31.9 Å². The van der Waals surface area contributed by atoms with Crippen molar-refractivity contribution in [3.05, 3.63) is 55.7 Å². The van der Waals surface area contributed by atoms with Crippen LogP contribution in [-0.2, 0) is 0 Å². The van der Waals surface area contributed by atoms with Crippen molar-refractivity contribution in [3.63, 3.8) is 0 Å². The third-order valence-corrected chi connectivity index (χ3v) is 3.92. The van der Waals surface area contributed by atoms with Gasteiger partial charge in [-0.2, -0.15) is 4.98 Å². The van der Waals surface area contributed by atoms with E-state index in [0.29, 0.717) is 22.3 Å². The molecule has 3 aromatic rings. The maximum atomic E-state index is 12.0. The van der Waals surface area contributed by atoms with E-state index in [0.717, 1.165) is 8.95 Å². The molecule has 3 N–H and O–H groups in total. The highest BCUT2D eigenvalue weighted by molar-refractivity contribution is 9.11. The molecule has 21 heavy (non-hydrogen) atoms. The molecule has 3 rings (SSSR count). The summed E-state index contributed by atoms with van der Waals surface area (Å²) in [4.78, 5) is 18.9. The predicted octanol–water partition coefficient (Wildman–Crippen LogP) is 3.82. The van der Waals surface area contributed by atoms with Crippen LogP contribution in [0.2, 0.25) is 0 Å². The number of ether oxygens (including phenoxy) is 1. The number of benzene rings is 2. The highest BCUT2D eigenvalue weighted by Crippen LogP contribution is 2.30. The Hall–Kier alpha value is -1.86. The third-order valence-electron chi connectivity index (χ3n) is 2.81. The molecule has 0 atom stereocenters. The zero-order chi connectivity index (χ0) is 15.0. The van der Waals surface area contributed by atoms with Crippen LogP contribution in [0.3, 0.4) is 0 Å². The summed E-state index contributed by atoms with van der Waals surface area (Å²) in [5.74, 6) is 0.552. The van der Waals surface area contributed by atoms with Gasteiger partial charge in [-0.1, -0.05) is 15.9 Å². The van der Waals surface area contributed by atoms with Crippen LogP contribution in [0.1, 0.15) is 0 Å². The van der Waals surface area contributed by atoms with E-state index in [2.05, 4.69) is 41.8 Å². The van der Waals surface area contributed by atoms with Crippen molar-refractivity contribution >= 4 is 48.5 Å². The quantitative estimate of drug-likeness (QED) is 0.629. The second kappa shape index (κ2) is 5.50. The minimum atomic E-state index is -0.296. The molecule has 0 saturated heterocycles. The molecule has 2 aromatic carbocycles. The fourth-order valence-electron chi connectivity index (χ4n) is 1.85. The van der Waals surface area contributed by atoms with E-state index in [1.54, 1.807) is 24.3 Å². The molecule has 5 nitrogen and oxygen atoms in total. The first-order chi connectivity index (χ1) is 10.0. The number of H-pyrrole nitrogens is 1. The zero-order valence-corrected chi connectivity index (χ0v) is 13.7. The van der Waals surface area contributed by atoms with Crippen LogP contribution in [0, 0.1) is 0 Å². The molecular weight excluding hydrogens is 402 g/mol. The molecule has 0 spiro atoms. The summed E-state index contributed by atoms with van der Waals surface area (Å²) in [7, 11) is 0. The van der Waals surface area contributed by atoms with Gasteiger partial charge in [-0.25, -0.2) is 0 Å². The van der Waals surface area contributed by atoms with Crippen LogP contribution in [0.4, 0.5) is 5.69 Å². The van der Waals surface area contributed by atoms with Crippen molar-refractivity contribution in [2.45, 2.75) is 0 Å². The minimum absolute atomic E-state index is 0.125. The number of aromatic amines is 1. The van der Waals surface area contributed by atoms with Gasteiger partial charge in [-0.15, -0.1) is 0 Å². The predicted molar refractivity (Wildman–Crippen MR) is 88.7 cm³/mol. The second-order valence-electron chi connectivity index (χ2n) is 4.32. The number of rotatable bonds is 2. The lowest BCUT2D eigenvalue weighted by atomic mass is 10.2. The molecule has 0 aliphatic rings. The topological polar surface area (TPSA) is 81.0 Å². The Labute approximate surface area is 136 Å². The number of hydrogen-bond donors (Lipinski definition) is 2. The van der Waals surface area contributed by atoms with Crippen LogP contribution in [0.25, 0.3) is 10.9 Å². The Bertz CT molecular complexity index is 893. The SMILES string of the molecule is Nc1ccc2nc(Oc3ccc(Br)cc3Br)[nH]c(=O)c2c1. The Balaban J connectivity index is 2.05. The van der Waals surface area contributed by atoms with Gasteiger partial charge in [0.1, 0.15) is 5.75 Å². The number of fused-ring (bicyclic) bond motifs is 1. The molecule has 0 unspecified atom stereocenters. The molecule has 0 amide bonds. The largest absolute Gasteiger partial charge is 0.424 e. The number of aromatic nitrogens is 2. The van der Waals surface area contributed by atoms with Crippen molar-refractivity contribution in [1.82, 2.24) is 9.97 Å². The molecule has 1 heterocycles. The van der Waals surface area contributed by atoms with E-state index in [1.807, 2.05) is 12.1 Å². The Kier molecular flexibility index (Phi) is 3.69. The summed E-state index contributed by atoms with van der Waals surface area (Å²) < 4.78 is 7.28. The summed E-state index contributed by atoms with van der Waals surface area (Å²) >= 11 is 6.75. The van der Waals surface area contributed by atoms with Crippen molar-refractivity contribution < 1.29 is 4.74 Å². The van der Waals surface area contributed by atoms with Gasteiger partial charge in [0.2, 0.25) is 0 Å². The third kappa shape index (κ3) is 2.93. The standard InChI is InChI=1S/C14H9Br2N3O2/c15-7-1-4-12(10(16)5-7)21-14-18-11-3-2-8(17)6-9(11)13(20)19-14/h1-6H,17H2,(H,18,19,20). The average Bonchev–Trinajstić information content (AvgIpc) is 2.43. The lowest BCUT2D eigenvalue weighted by Gasteiger charge is -2.07. The summed E-state index contributed by atoms with van der Waals surface area (Å²) in [5, 5.41) is 0.428. The molecule has 0 bridgehead atoms. The second-order valence-corrected chi connectivity index (χ2v) is 6.09. The number of halogens is 2. The van der Waals surface area contributed by atoms with Gasteiger partial charge in [0.05, 0.1) is 15.4 Å². The first-order valence-electron chi connectivity index (χ1n) is 5.95. The van der Waals surface area contributed by atoms with E-state index in [9.17, 15) is 4.79 Å². The van der Waals surface area contributed by atoms with Crippen LogP contribution in [0.5, 0.6) is 11.8 Å². The van der Waals surface area contributed by atoms with Crippen molar-refractivity contribution in [3.8, 4) is 11.8 Å². The first-order valence-corrected chi connectivity index (χ1v) is 7.54. The van der Waals surface area contributed by atoms with Gasteiger partial charge in [0, 0.05) is 10.2 Å². The van der Waals surface area contributed by atoms with Gasteiger partial charge in [0.15, 0.2) is 0 Å². The fourth-order valence-corrected chi connectivity index (χ4v) is 2.97. The lowest BCUT2D eigenvalue weighted by Crippen LogP contribution is -2.09. The molecule has 7 heteroatoms. The number of nitrogens with two attached hydrogens (primary N) is 1.